The normalized spacial score (nSPS) is 14.6. The molecule has 1 aliphatic rings. The first-order chi connectivity index (χ1) is 21.4. The standard InChI is InChI=1S/C35H26F2N2O4S/c1-2-42-34(41)30-31(23-8-4-3-5-9-23)38-35-39(32(30)24-14-16-26(36)17-15-24)33(40)29(44-35)20-22-12-18-27(19-13-22)43-21-25-10-6-7-11-28(25)37/h3-20,32H,2,21H2,1H3/b29-20-/t32-/m0/s1. The highest BCUT2D eigenvalue weighted by Gasteiger charge is 2.35. The number of carbonyl (C=O) groups is 1. The number of aromatic nitrogens is 1. The van der Waals surface area contributed by atoms with Gasteiger partial charge in [-0.3, -0.25) is 9.36 Å². The van der Waals surface area contributed by atoms with Crippen LogP contribution >= 0.6 is 11.3 Å². The van der Waals surface area contributed by atoms with Gasteiger partial charge in [0.2, 0.25) is 0 Å². The van der Waals surface area contributed by atoms with E-state index in [2.05, 4.69) is 0 Å². The molecule has 0 aliphatic carbocycles. The van der Waals surface area contributed by atoms with Crippen LogP contribution in [0.15, 0.2) is 118 Å². The van der Waals surface area contributed by atoms with Gasteiger partial charge >= 0.3 is 5.97 Å². The fourth-order valence-corrected chi connectivity index (χ4v) is 5.99. The number of rotatable bonds is 8. The average molecular weight is 609 g/mol. The Morgan fingerprint density at radius 2 is 1.64 bits per heavy atom. The first-order valence-electron chi connectivity index (χ1n) is 13.9. The van der Waals surface area contributed by atoms with Crippen LogP contribution in [0.4, 0.5) is 8.78 Å². The Bertz CT molecular complexity index is 2030. The Morgan fingerprint density at radius 3 is 2.34 bits per heavy atom. The van der Waals surface area contributed by atoms with Crippen LogP contribution in [-0.2, 0) is 16.1 Å². The van der Waals surface area contributed by atoms with E-state index in [0.717, 1.165) is 5.56 Å². The number of halogens is 2. The lowest BCUT2D eigenvalue weighted by Crippen LogP contribution is -2.40. The Kier molecular flexibility index (Phi) is 8.29. The fraction of sp³-hybridized carbons (Fsp3) is 0.114. The summed E-state index contributed by atoms with van der Waals surface area (Å²) in [6.45, 7) is 1.92. The highest BCUT2D eigenvalue weighted by molar-refractivity contribution is 7.07. The summed E-state index contributed by atoms with van der Waals surface area (Å²) in [4.78, 5) is 32.7. The zero-order chi connectivity index (χ0) is 30.6. The average Bonchev–Trinajstić information content (AvgIpc) is 3.35. The summed E-state index contributed by atoms with van der Waals surface area (Å²) in [7, 11) is 0. The van der Waals surface area contributed by atoms with Crippen molar-refractivity contribution in [3.63, 3.8) is 0 Å². The van der Waals surface area contributed by atoms with Crippen molar-refractivity contribution in [2.75, 3.05) is 6.61 Å². The van der Waals surface area contributed by atoms with Crippen LogP contribution < -0.4 is 19.6 Å². The summed E-state index contributed by atoms with van der Waals surface area (Å²) in [6, 6.07) is 27.6. The Balaban J connectivity index is 1.43. The molecule has 0 radical (unpaired) electrons. The predicted molar refractivity (Wildman–Crippen MR) is 165 cm³/mol. The molecule has 4 aromatic carbocycles. The molecule has 6 nitrogen and oxygen atoms in total. The quantitative estimate of drug-likeness (QED) is 0.209. The number of fused-ring (bicyclic) bond motifs is 1. The van der Waals surface area contributed by atoms with Gasteiger partial charge in [-0.25, -0.2) is 18.6 Å². The molecule has 0 bridgehead atoms. The van der Waals surface area contributed by atoms with E-state index in [1.807, 2.05) is 30.3 Å². The molecule has 220 valence electrons. The minimum atomic E-state index is -0.891. The Hall–Kier alpha value is -5.15. The molecule has 1 atom stereocenters. The lowest BCUT2D eigenvalue weighted by Gasteiger charge is -2.25. The molecule has 44 heavy (non-hydrogen) atoms. The third kappa shape index (κ3) is 5.87. The second kappa shape index (κ2) is 12.6. The Labute approximate surface area is 255 Å². The molecule has 6 rings (SSSR count). The van der Waals surface area contributed by atoms with E-state index < -0.39 is 17.8 Å². The van der Waals surface area contributed by atoms with Crippen LogP contribution in [0.5, 0.6) is 5.75 Å². The van der Waals surface area contributed by atoms with Crippen molar-refractivity contribution in [2.24, 2.45) is 4.99 Å². The molecular weight excluding hydrogens is 582 g/mol. The number of hydrogen-bond donors (Lipinski definition) is 0. The molecule has 0 amide bonds. The molecule has 1 aliphatic heterocycles. The summed E-state index contributed by atoms with van der Waals surface area (Å²) in [5, 5.41) is 0. The summed E-state index contributed by atoms with van der Waals surface area (Å²) in [6.07, 6.45) is 1.74. The summed E-state index contributed by atoms with van der Waals surface area (Å²) in [5.74, 6) is -0.827. The van der Waals surface area contributed by atoms with Crippen molar-refractivity contribution in [1.29, 1.82) is 0 Å². The molecule has 0 fully saturated rings. The van der Waals surface area contributed by atoms with Crippen molar-refractivity contribution in [1.82, 2.24) is 4.57 Å². The largest absolute Gasteiger partial charge is 0.489 e. The molecule has 0 saturated heterocycles. The third-order valence-corrected chi connectivity index (χ3v) is 8.07. The van der Waals surface area contributed by atoms with E-state index in [0.29, 0.717) is 37.5 Å². The molecule has 5 aromatic rings. The van der Waals surface area contributed by atoms with E-state index in [-0.39, 0.29) is 30.2 Å². The molecule has 9 heteroatoms. The maximum absolute atomic E-state index is 14.0. The monoisotopic (exact) mass is 608 g/mol. The van der Waals surface area contributed by atoms with Gasteiger partial charge < -0.3 is 9.47 Å². The van der Waals surface area contributed by atoms with Crippen molar-refractivity contribution in [3.8, 4) is 5.75 Å². The van der Waals surface area contributed by atoms with Crippen LogP contribution in [0.1, 0.15) is 35.2 Å². The highest BCUT2D eigenvalue weighted by Crippen LogP contribution is 2.35. The van der Waals surface area contributed by atoms with Gasteiger partial charge in [-0.2, -0.15) is 0 Å². The smallest absolute Gasteiger partial charge is 0.338 e. The number of thiazole rings is 1. The molecule has 0 spiro atoms. The van der Waals surface area contributed by atoms with E-state index in [9.17, 15) is 18.4 Å². The van der Waals surface area contributed by atoms with Crippen molar-refractivity contribution in [2.45, 2.75) is 19.6 Å². The summed E-state index contributed by atoms with van der Waals surface area (Å²) >= 11 is 1.19. The maximum atomic E-state index is 14.0. The number of carbonyl (C=O) groups excluding carboxylic acids is 1. The maximum Gasteiger partial charge on any atom is 0.338 e. The summed E-state index contributed by atoms with van der Waals surface area (Å²) in [5.41, 5.74) is 2.65. The van der Waals surface area contributed by atoms with E-state index in [4.69, 9.17) is 14.5 Å². The topological polar surface area (TPSA) is 69.9 Å². The first-order valence-corrected chi connectivity index (χ1v) is 14.7. The predicted octanol–water partition coefficient (Wildman–Crippen LogP) is 5.79. The lowest BCUT2D eigenvalue weighted by atomic mass is 9.93. The molecule has 0 N–H and O–H groups in total. The minimum absolute atomic E-state index is 0.0839. The second-order valence-corrected chi connectivity index (χ2v) is 10.9. The van der Waals surface area contributed by atoms with Gasteiger partial charge in [0.05, 0.1) is 28.5 Å². The van der Waals surface area contributed by atoms with E-state index >= 15 is 0 Å². The molecule has 0 unspecified atom stereocenters. The lowest BCUT2D eigenvalue weighted by molar-refractivity contribution is -0.138. The SMILES string of the molecule is CCOC(=O)C1=C(c2ccccc2)N=c2s/c(=C\c3ccc(OCc4ccccc4F)cc3)c(=O)n2[C@H]1c1ccc(F)cc1. The van der Waals surface area contributed by atoms with Gasteiger partial charge in [0.15, 0.2) is 4.80 Å². The third-order valence-electron chi connectivity index (χ3n) is 7.09. The zero-order valence-electron chi connectivity index (χ0n) is 23.6. The van der Waals surface area contributed by atoms with Crippen LogP contribution in [0, 0.1) is 11.6 Å². The number of ether oxygens (including phenoxy) is 2. The van der Waals surface area contributed by atoms with Gasteiger partial charge in [-0.1, -0.05) is 84.1 Å². The van der Waals surface area contributed by atoms with Crippen molar-refractivity contribution < 1.29 is 23.0 Å². The Morgan fingerprint density at radius 1 is 0.932 bits per heavy atom. The van der Waals surface area contributed by atoms with Gasteiger partial charge in [0.25, 0.3) is 5.56 Å². The van der Waals surface area contributed by atoms with Crippen LogP contribution in [0.25, 0.3) is 11.8 Å². The molecule has 2 heterocycles. The van der Waals surface area contributed by atoms with Gasteiger partial charge in [-0.05, 0) is 54.5 Å². The van der Waals surface area contributed by atoms with Gasteiger partial charge in [0, 0.05) is 11.1 Å². The molecule has 1 aromatic heterocycles. The van der Waals surface area contributed by atoms with Gasteiger partial charge in [-0.15, -0.1) is 0 Å². The molecular formula is C35H26F2N2O4S. The zero-order valence-corrected chi connectivity index (χ0v) is 24.4. The van der Waals surface area contributed by atoms with Crippen molar-refractivity contribution in [3.05, 3.63) is 162 Å². The van der Waals surface area contributed by atoms with Crippen LogP contribution in [0.3, 0.4) is 0 Å². The first kappa shape index (κ1) is 28.9. The van der Waals surface area contributed by atoms with E-state index in [1.165, 1.54) is 34.1 Å². The van der Waals surface area contributed by atoms with Crippen LogP contribution in [-0.4, -0.2) is 17.1 Å². The van der Waals surface area contributed by atoms with E-state index in [1.54, 1.807) is 67.6 Å². The fourth-order valence-electron chi connectivity index (χ4n) is 4.99. The number of nitrogens with zero attached hydrogens (tertiary/aromatic N) is 2. The number of hydrogen-bond acceptors (Lipinski definition) is 6. The van der Waals surface area contributed by atoms with Crippen LogP contribution in [0.2, 0.25) is 0 Å². The van der Waals surface area contributed by atoms with Crippen molar-refractivity contribution >= 4 is 29.1 Å². The number of benzene rings is 4. The summed E-state index contributed by atoms with van der Waals surface area (Å²) < 4.78 is 41.0. The minimum Gasteiger partial charge on any atom is -0.489 e. The van der Waals surface area contributed by atoms with Gasteiger partial charge in [0.1, 0.15) is 24.0 Å². The second-order valence-electron chi connectivity index (χ2n) is 9.93. The molecule has 0 saturated carbocycles. The highest BCUT2D eigenvalue weighted by atomic mass is 32.1. The number of esters is 1.